The van der Waals surface area contributed by atoms with Gasteiger partial charge in [0.05, 0.1) is 12.6 Å². The van der Waals surface area contributed by atoms with Crippen molar-refractivity contribution in [1.29, 1.82) is 0 Å². The third kappa shape index (κ3) is 4.42. The van der Waals surface area contributed by atoms with Gasteiger partial charge in [-0.05, 0) is 19.3 Å². The maximum atomic E-state index is 12.2. The predicted molar refractivity (Wildman–Crippen MR) is 75.9 cm³/mol. The second-order valence-corrected chi connectivity index (χ2v) is 5.12. The fraction of sp³-hybridized carbons (Fsp3) is 0.692. The van der Waals surface area contributed by atoms with E-state index >= 15 is 0 Å². The zero-order valence-corrected chi connectivity index (χ0v) is 12.6. The molecular formula is C13H21N5O4. The summed E-state index contributed by atoms with van der Waals surface area (Å²) in [4.78, 5) is 28.6. The Morgan fingerprint density at radius 1 is 1.50 bits per heavy atom. The molecule has 22 heavy (non-hydrogen) atoms. The van der Waals surface area contributed by atoms with E-state index in [0.717, 1.165) is 25.9 Å². The van der Waals surface area contributed by atoms with Crippen LogP contribution in [0.1, 0.15) is 42.7 Å². The molecule has 122 valence electrons. The fourth-order valence-corrected chi connectivity index (χ4v) is 2.27. The van der Waals surface area contributed by atoms with Crippen molar-refractivity contribution in [3.63, 3.8) is 0 Å². The lowest BCUT2D eigenvalue weighted by Gasteiger charge is -2.25. The maximum absolute atomic E-state index is 12.2. The van der Waals surface area contributed by atoms with Crippen molar-refractivity contribution in [2.75, 3.05) is 19.7 Å². The first-order valence-electron chi connectivity index (χ1n) is 7.37. The second kappa shape index (κ2) is 7.74. The molecular weight excluding hydrogens is 290 g/mol. The number of ether oxygens (including phenoxy) is 1. The van der Waals surface area contributed by atoms with Gasteiger partial charge in [-0.25, -0.2) is 4.79 Å². The summed E-state index contributed by atoms with van der Waals surface area (Å²) in [5, 5.41) is 6.11. The van der Waals surface area contributed by atoms with Crippen molar-refractivity contribution < 1.29 is 18.8 Å². The van der Waals surface area contributed by atoms with E-state index in [4.69, 9.17) is 15.0 Å². The Hall–Kier alpha value is -2.16. The van der Waals surface area contributed by atoms with Crippen LogP contribution in [0, 0.1) is 0 Å². The van der Waals surface area contributed by atoms with Crippen molar-refractivity contribution in [2.45, 2.75) is 38.8 Å². The van der Waals surface area contributed by atoms with E-state index in [1.165, 1.54) is 0 Å². The molecule has 3 amide bonds. The molecule has 3 N–H and O–H groups in total. The normalized spacial score (nSPS) is 17.4. The van der Waals surface area contributed by atoms with Gasteiger partial charge in [-0.2, -0.15) is 4.98 Å². The lowest BCUT2D eigenvalue weighted by Crippen LogP contribution is -2.43. The number of nitrogens with zero attached hydrogens (tertiary/aromatic N) is 3. The van der Waals surface area contributed by atoms with Gasteiger partial charge < -0.3 is 25.2 Å². The van der Waals surface area contributed by atoms with E-state index in [2.05, 4.69) is 15.5 Å². The molecule has 9 heteroatoms. The summed E-state index contributed by atoms with van der Waals surface area (Å²) in [6.07, 6.45) is 2.96. The first-order valence-corrected chi connectivity index (χ1v) is 7.37. The topological polar surface area (TPSA) is 124 Å². The molecule has 1 aromatic heterocycles. The number of rotatable bonds is 7. The Labute approximate surface area is 128 Å². The van der Waals surface area contributed by atoms with Crippen LogP contribution >= 0.6 is 0 Å². The average molecular weight is 311 g/mol. The summed E-state index contributed by atoms with van der Waals surface area (Å²) < 4.78 is 10.4. The van der Waals surface area contributed by atoms with Gasteiger partial charge >= 0.3 is 6.03 Å². The maximum Gasteiger partial charge on any atom is 0.317 e. The number of nitrogens with one attached hydrogen (secondary N) is 1. The molecule has 0 spiro atoms. The summed E-state index contributed by atoms with van der Waals surface area (Å²) in [6.45, 7) is 4.01. The quantitative estimate of drug-likeness (QED) is 0.745. The Bertz CT molecular complexity index is 512. The zero-order valence-electron chi connectivity index (χ0n) is 12.6. The minimum atomic E-state index is -0.771. The fourth-order valence-electron chi connectivity index (χ4n) is 2.27. The number of aromatic nitrogens is 2. The number of amides is 3. The molecule has 2 rings (SSSR count). The van der Waals surface area contributed by atoms with Gasteiger partial charge in [0.2, 0.25) is 5.89 Å². The molecule has 1 atom stereocenters. The molecule has 0 unspecified atom stereocenters. The van der Waals surface area contributed by atoms with Gasteiger partial charge in [0.25, 0.3) is 11.7 Å². The number of nitrogens with two attached hydrogens (primary N) is 1. The molecule has 0 bridgehead atoms. The number of carbonyl (C=O) groups excluding carboxylic acids is 2. The van der Waals surface area contributed by atoms with Crippen molar-refractivity contribution in [1.82, 2.24) is 20.4 Å². The SMILES string of the molecule is CCCN(C[C@@H]1CCCO1)C(=O)NCc1nc(C(N)=O)no1. The Kier molecular flexibility index (Phi) is 5.70. The summed E-state index contributed by atoms with van der Waals surface area (Å²) in [6, 6.07) is -0.226. The van der Waals surface area contributed by atoms with Gasteiger partial charge in [0.1, 0.15) is 0 Å². The molecule has 2 heterocycles. The monoisotopic (exact) mass is 311 g/mol. The third-order valence-electron chi connectivity index (χ3n) is 3.31. The van der Waals surface area contributed by atoms with Gasteiger partial charge in [0, 0.05) is 19.7 Å². The van der Waals surface area contributed by atoms with Crippen LogP contribution in [0.2, 0.25) is 0 Å². The van der Waals surface area contributed by atoms with Crippen LogP contribution in [0.5, 0.6) is 0 Å². The highest BCUT2D eigenvalue weighted by atomic mass is 16.5. The minimum Gasteiger partial charge on any atom is -0.376 e. The van der Waals surface area contributed by atoms with Crippen molar-refractivity contribution in [2.24, 2.45) is 5.73 Å². The first-order chi connectivity index (χ1) is 10.6. The smallest absolute Gasteiger partial charge is 0.317 e. The van der Waals surface area contributed by atoms with E-state index in [1.807, 2.05) is 6.92 Å². The number of hydrogen-bond acceptors (Lipinski definition) is 6. The molecule has 1 aliphatic heterocycles. The molecule has 1 fully saturated rings. The van der Waals surface area contributed by atoms with E-state index in [0.29, 0.717) is 13.1 Å². The molecule has 1 aliphatic rings. The third-order valence-corrected chi connectivity index (χ3v) is 3.31. The van der Waals surface area contributed by atoms with Crippen molar-refractivity contribution in [3.8, 4) is 0 Å². The molecule has 1 aromatic rings. The van der Waals surface area contributed by atoms with E-state index in [-0.39, 0.29) is 30.4 Å². The number of primary amides is 1. The molecule has 9 nitrogen and oxygen atoms in total. The number of carbonyl (C=O) groups is 2. The van der Waals surface area contributed by atoms with Crippen LogP contribution in [0.15, 0.2) is 4.52 Å². The van der Waals surface area contributed by atoms with Crippen LogP contribution in [-0.4, -0.2) is 52.8 Å². The summed E-state index contributed by atoms with van der Waals surface area (Å²) in [5.41, 5.74) is 5.03. The number of hydrogen-bond donors (Lipinski definition) is 2. The first kappa shape index (κ1) is 16.2. The van der Waals surface area contributed by atoms with E-state index < -0.39 is 5.91 Å². The highest BCUT2D eigenvalue weighted by Gasteiger charge is 2.22. The van der Waals surface area contributed by atoms with E-state index in [1.54, 1.807) is 4.90 Å². The average Bonchev–Trinajstić information content (AvgIpc) is 3.15. The standard InChI is InChI=1S/C13H21N5O4/c1-2-5-18(8-9-4-3-6-21-9)13(20)15-7-10-16-12(11(14)19)17-22-10/h9H,2-8H2,1H3,(H2,14,19)(H,15,20)/t9-/m0/s1. The molecule has 0 saturated carbocycles. The molecule has 0 aliphatic carbocycles. The van der Waals surface area contributed by atoms with Crippen molar-refractivity contribution >= 4 is 11.9 Å². The van der Waals surface area contributed by atoms with Gasteiger partial charge in [-0.1, -0.05) is 12.1 Å². The lowest BCUT2D eigenvalue weighted by molar-refractivity contribution is 0.0811. The predicted octanol–water partition coefficient (Wildman–Crippen LogP) is 0.269. The Morgan fingerprint density at radius 2 is 2.32 bits per heavy atom. The summed E-state index contributed by atoms with van der Waals surface area (Å²) in [7, 11) is 0. The minimum absolute atomic E-state index is 0.0465. The van der Waals surface area contributed by atoms with Gasteiger partial charge in [-0.15, -0.1) is 0 Å². The highest BCUT2D eigenvalue weighted by molar-refractivity contribution is 5.88. The van der Waals surface area contributed by atoms with Crippen LogP contribution < -0.4 is 11.1 Å². The Morgan fingerprint density at radius 3 is 2.91 bits per heavy atom. The van der Waals surface area contributed by atoms with E-state index in [9.17, 15) is 9.59 Å². The van der Waals surface area contributed by atoms with Crippen LogP contribution in [0.25, 0.3) is 0 Å². The lowest BCUT2D eigenvalue weighted by atomic mass is 10.2. The molecule has 1 saturated heterocycles. The molecule has 0 aromatic carbocycles. The summed E-state index contributed by atoms with van der Waals surface area (Å²) in [5.74, 6) is -0.836. The molecule has 0 radical (unpaired) electrons. The number of urea groups is 1. The zero-order chi connectivity index (χ0) is 15.9. The van der Waals surface area contributed by atoms with Crippen LogP contribution in [0.3, 0.4) is 0 Å². The van der Waals surface area contributed by atoms with Crippen molar-refractivity contribution in [3.05, 3.63) is 11.7 Å². The highest BCUT2D eigenvalue weighted by Crippen LogP contribution is 2.13. The largest absolute Gasteiger partial charge is 0.376 e. The second-order valence-electron chi connectivity index (χ2n) is 5.12. The Balaban J connectivity index is 1.85. The van der Waals surface area contributed by atoms with Crippen LogP contribution in [0.4, 0.5) is 4.79 Å². The van der Waals surface area contributed by atoms with Gasteiger partial charge in [-0.3, -0.25) is 4.79 Å². The van der Waals surface area contributed by atoms with Crippen LogP contribution in [-0.2, 0) is 11.3 Å². The summed E-state index contributed by atoms with van der Waals surface area (Å²) >= 11 is 0. The van der Waals surface area contributed by atoms with Gasteiger partial charge in [0.15, 0.2) is 0 Å².